The zero-order valence-corrected chi connectivity index (χ0v) is 9.48. The summed E-state index contributed by atoms with van der Waals surface area (Å²) in [4.78, 5) is 3.73. The van der Waals surface area contributed by atoms with Crippen LogP contribution in [0.15, 0.2) is 46.4 Å². The molecule has 1 aliphatic heterocycles. The monoisotopic (exact) mass is 237 g/mol. The number of hydrogen-bond donors (Lipinski definition) is 1. The van der Waals surface area contributed by atoms with Crippen molar-refractivity contribution in [1.29, 1.82) is 0 Å². The maximum Gasteiger partial charge on any atom is 0.311 e. The molecule has 4 nitrogen and oxygen atoms in total. The molecule has 0 aliphatic carbocycles. The Balaban J connectivity index is 2.47. The van der Waals surface area contributed by atoms with E-state index in [0.29, 0.717) is 0 Å². The minimum atomic E-state index is -4.22. The average Bonchev–Trinajstić information content (AvgIpc) is 2.63. The minimum Gasteiger partial charge on any atom is -0.281 e. The largest absolute Gasteiger partial charge is 0.311 e. The Morgan fingerprint density at radius 1 is 1.25 bits per heavy atom. The SMILES string of the molecule is CC1(c2ccccc2)C=NC(S(=O)(=O)O)=C1. The van der Waals surface area contributed by atoms with Crippen molar-refractivity contribution < 1.29 is 13.0 Å². The molecule has 0 saturated heterocycles. The highest BCUT2D eigenvalue weighted by atomic mass is 32.2. The highest BCUT2D eigenvalue weighted by molar-refractivity contribution is 7.89. The summed E-state index contributed by atoms with van der Waals surface area (Å²) in [6.07, 6.45) is 2.96. The average molecular weight is 237 g/mol. The van der Waals surface area contributed by atoms with Crippen LogP contribution in [0.4, 0.5) is 0 Å². The van der Waals surface area contributed by atoms with E-state index in [4.69, 9.17) is 4.55 Å². The molecule has 0 spiro atoms. The van der Waals surface area contributed by atoms with Gasteiger partial charge in [-0.2, -0.15) is 8.42 Å². The maximum atomic E-state index is 10.9. The van der Waals surface area contributed by atoms with Crippen molar-refractivity contribution in [2.24, 2.45) is 4.99 Å². The summed E-state index contributed by atoms with van der Waals surface area (Å²) in [6.45, 7) is 1.84. The Hall–Kier alpha value is -1.46. The topological polar surface area (TPSA) is 66.7 Å². The first kappa shape index (κ1) is 11.0. The number of benzene rings is 1. The van der Waals surface area contributed by atoms with Gasteiger partial charge in [0.1, 0.15) is 0 Å². The van der Waals surface area contributed by atoms with Crippen LogP contribution in [0.1, 0.15) is 12.5 Å². The van der Waals surface area contributed by atoms with Gasteiger partial charge in [0, 0.05) is 11.6 Å². The van der Waals surface area contributed by atoms with Crippen LogP contribution in [0.3, 0.4) is 0 Å². The first-order valence-corrected chi connectivity index (χ1v) is 6.17. The Morgan fingerprint density at radius 3 is 2.38 bits per heavy atom. The van der Waals surface area contributed by atoms with Crippen molar-refractivity contribution in [2.75, 3.05) is 0 Å². The van der Waals surface area contributed by atoms with Crippen molar-refractivity contribution in [1.82, 2.24) is 0 Å². The molecule has 0 bridgehead atoms. The summed E-state index contributed by atoms with van der Waals surface area (Å²) in [5.41, 5.74) is 0.351. The molecule has 1 atom stereocenters. The van der Waals surface area contributed by atoms with Gasteiger partial charge in [-0.25, -0.2) is 4.99 Å². The summed E-state index contributed by atoms with van der Waals surface area (Å²) >= 11 is 0. The Kier molecular flexibility index (Phi) is 2.44. The molecule has 1 heterocycles. The maximum absolute atomic E-state index is 10.9. The molecule has 1 N–H and O–H groups in total. The van der Waals surface area contributed by atoms with E-state index < -0.39 is 15.5 Å². The zero-order chi connectivity index (χ0) is 11.8. The molecule has 1 aliphatic rings. The highest BCUT2D eigenvalue weighted by Gasteiger charge is 2.30. The molecular formula is C11H11NO3S. The van der Waals surface area contributed by atoms with Gasteiger partial charge in [-0.3, -0.25) is 4.55 Å². The zero-order valence-electron chi connectivity index (χ0n) is 8.66. The van der Waals surface area contributed by atoms with Crippen LogP contribution in [0.5, 0.6) is 0 Å². The molecule has 0 fully saturated rings. The van der Waals surface area contributed by atoms with E-state index in [1.807, 2.05) is 37.3 Å². The third kappa shape index (κ3) is 1.91. The van der Waals surface area contributed by atoms with Gasteiger partial charge in [-0.05, 0) is 18.6 Å². The molecule has 1 unspecified atom stereocenters. The first-order chi connectivity index (χ1) is 7.42. The minimum absolute atomic E-state index is 0.293. The summed E-state index contributed by atoms with van der Waals surface area (Å²) in [6, 6.07) is 9.39. The van der Waals surface area contributed by atoms with Crippen molar-refractivity contribution in [3.63, 3.8) is 0 Å². The molecule has 16 heavy (non-hydrogen) atoms. The van der Waals surface area contributed by atoms with Gasteiger partial charge in [0.25, 0.3) is 0 Å². The molecule has 0 radical (unpaired) electrons. The lowest BCUT2D eigenvalue weighted by Crippen LogP contribution is -2.18. The van der Waals surface area contributed by atoms with E-state index >= 15 is 0 Å². The van der Waals surface area contributed by atoms with Crippen LogP contribution < -0.4 is 0 Å². The van der Waals surface area contributed by atoms with Crippen molar-refractivity contribution in [3.8, 4) is 0 Å². The highest BCUT2D eigenvalue weighted by Crippen LogP contribution is 2.30. The summed E-state index contributed by atoms with van der Waals surface area (Å²) in [5, 5.41) is -0.293. The summed E-state index contributed by atoms with van der Waals surface area (Å²) in [5.74, 6) is 0. The van der Waals surface area contributed by atoms with E-state index in [-0.39, 0.29) is 5.03 Å². The predicted octanol–water partition coefficient (Wildman–Crippen LogP) is 1.76. The Bertz CT molecular complexity index is 560. The van der Waals surface area contributed by atoms with Crippen molar-refractivity contribution in [3.05, 3.63) is 47.0 Å². The third-order valence-electron chi connectivity index (χ3n) is 2.54. The molecule has 84 valence electrons. The van der Waals surface area contributed by atoms with Gasteiger partial charge in [-0.1, -0.05) is 30.3 Å². The molecule has 2 rings (SSSR count). The first-order valence-electron chi connectivity index (χ1n) is 4.73. The number of rotatable bonds is 2. The third-order valence-corrected chi connectivity index (χ3v) is 3.30. The quantitative estimate of drug-likeness (QED) is 0.797. The second-order valence-corrected chi connectivity index (χ2v) is 5.23. The van der Waals surface area contributed by atoms with Gasteiger partial charge in [0.05, 0.1) is 0 Å². The van der Waals surface area contributed by atoms with Crippen LogP contribution in [0, 0.1) is 0 Å². The van der Waals surface area contributed by atoms with E-state index in [2.05, 4.69) is 4.99 Å². The van der Waals surface area contributed by atoms with Gasteiger partial charge in [0.15, 0.2) is 5.03 Å². The van der Waals surface area contributed by atoms with Crippen LogP contribution in [-0.4, -0.2) is 19.2 Å². The molecule has 1 aromatic carbocycles. The fourth-order valence-corrected chi connectivity index (χ4v) is 2.20. The van der Waals surface area contributed by atoms with E-state index in [1.165, 1.54) is 12.3 Å². The fraction of sp³-hybridized carbons (Fsp3) is 0.182. The van der Waals surface area contributed by atoms with Crippen molar-refractivity contribution in [2.45, 2.75) is 12.3 Å². The normalized spacial score (nSPS) is 24.5. The van der Waals surface area contributed by atoms with Gasteiger partial charge in [-0.15, -0.1) is 0 Å². The number of aliphatic imine (C=N–C) groups is 1. The lowest BCUT2D eigenvalue weighted by atomic mass is 9.85. The number of nitrogens with zero attached hydrogens (tertiary/aromatic N) is 1. The molecule has 5 heteroatoms. The van der Waals surface area contributed by atoms with Crippen LogP contribution in [0.2, 0.25) is 0 Å². The van der Waals surface area contributed by atoms with E-state index in [1.54, 1.807) is 0 Å². The smallest absolute Gasteiger partial charge is 0.281 e. The molecule has 0 saturated carbocycles. The summed E-state index contributed by atoms with van der Waals surface area (Å²) < 4.78 is 30.7. The molecule has 0 aromatic heterocycles. The van der Waals surface area contributed by atoms with E-state index in [0.717, 1.165) is 5.56 Å². The van der Waals surface area contributed by atoms with Gasteiger partial charge >= 0.3 is 10.1 Å². The van der Waals surface area contributed by atoms with Crippen LogP contribution in [0.25, 0.3) is 0 Å². The lowest BCUT2D eigenvalue weighted by molar-refractivity contribution is 0.490. The Morgan fingerprint density at radius 2 is 1.88 bits per heavy atom. The standard InChI is InChI=1S/C11H11NO3S/c1-11(9-5-3-2-4-6-9)7-10(12-8-11)16(13,14)15/h2-8H,1H3,(H,13,14,15). The fourth-order valence-electron chi connectivity index (χ4n) is 1.62. The summed E-state index contributed by atoms with van der Waals surface area (Å²) in [7, 11) is -4.22. The number of allylic oxidation sites excluding steroid dienone is 1. The molecule has 0 amide bonds. The molecule has 1 aromatic rings. The Labute approximate surface area is 94.1 Å². The van der Waals surface area contributed by atoms with Gasteiger partial charge < -0.3 is 0 Å². The van der Waals surface area contributed by atoms with Gasteiger partial charge in [0.2, 0.25) is 0 Å². The van der Waals surface area contributed by atoms with Crippen LogP contribution >= 0.6 is 0 Å². The second-order valence-electron chi connectivity index (χ2n) is 3.86. The van der Waals surface area contributed by atoms with Crippen LogP contribution in [-0.2, 0) is 15.5 Å². The second kappa shape index (κ2) is 3.54. The predicted molar refractivity (Wildman–Crippen MR) is 61.9 cm³/mol. The number of hydrogen-bond acceptors (Lipinski definition) is 3. The molecular weight excluding hydrogens is 226 g/mol. The lowest BCUT2D eigenvalue weighted by Gasteiger charge is -2.17. The van der Waals surface area contributed by atoms with Crippen molar-refractivity contribution >= 4 is 16.3 Å². The van der Waals surface area contributed by atoms with E-state index in [9.17, 15) is 8.42 Å².